The summed E-state index contributed by atoms with van der Waals surface area (Å²) >= 11 is 0. The maximum Gasteiger partial charge on any atom is 0.133 e. The van der Waals surface area contributed by atoms with Gasteiger partial charge in [0.1, 0.15) is 12.1 Å². The van der Waals surface area contributed by atoms with Crippen molar-refractivity contribution in [2.45, 2.75) is 91.2 Å². The minimum absolute atomic E-state index is 0.228. The van der Waals surface area contributed by atoms with E-state index in [0.29, 0.717) is 19.8 Å². The Hall–Kier alpha value is -0.690. The van der Waals surface area contributed by atoms with E-state index >= 15 is 0 Å². The second kappa shape index (κ2) is 18.1. The largest absolute Gasteiger partial charge is 0.548 e. The maximum absolute atomic E-state index is 11.1. The topological polar surface area (TPSA) is 67.8 Å². The highest BCUT2D eigenvalue weighted by atomic mass is 16.6. The molecule has 0 saturated carbocycles. The van der Waals surface area contributed by atoms with Gasteiger partial charge in [-0.2, -0.15) is 0 Å². The lowest BCUT2D eigenvalue weighted by atomic mass is 9.97. The van der Waals surface area contributed by atoms with E-state index in [0.717, 1.165) is 56.2 Å². The average Bonchev–Trinajstić information content (AvgIpc) is 2.71. The van der Waals surface area contributed by atoms with Crippen molar-refractivity contribution in [2.75, 3.05) is 53.2 Å². The Labute approximate surface area is 179 Å². The number of hydrogen-bond donors (Lipinski definition) is 0. The number of unbranched alkanes of at least 4 members (excludes halogenated alkanes) is 3. The van der Waals surface area contributed by atoms with Crippen LogP contribution >= 0.6 is 0 Å². The number of carbonyl (C=O) groups excluding carboxylic acids is 1. The number of ether oxygens (including phenoxy) is 3. The van der Waals surface area contributed by atoms with Crippen molar-refractivity contribution >= 4 is 5.97 Å². The van der Waals surface area contributed by atoms with Crippen molar-refractivity contribution in [3.63, 3.8) is 0 Å². The summed E-state index contributed by atoms with van der Waals surface area (Å²) in [6.45, 7) is 13.3. The number of carbonyl (C=O) groups is 1. The third kappa shape index (κ3) is 11.9. The highest BCUT2D eigenvalue weighted by molar-refractivity contribution is 5.65. The quantitative estimate of drug-likeness (QED) is 0.212. The lowest BCUT2D eigenvalue weighted by Crippen LogP contribution is -2.62. The Balaban J connectivity index is 5.75. The molecule has 0 aromatic heterocycles. The molecular formula is C23H47NO5. The second-order valence-electron chi connectivity index (χ2n) is 8.10. The van der Waals surface area contributed by atoms with Crippen molar-refractivity contribution in [1.82, 2.24) is 0 Å². The monoisotopic (exact) mass is 417 g/mol. The summed E-state index contributed by atoms with van der Waals surface area (Å²) < 4.78 is 17.8. The van der Waals surface area contributed by atoms with Gasteiger partial charge in [-0.25, -0.2) is 0 Å². The fourth-order valence-corrected chi connectivity index (χ4v) is 4.15. The number of hydrogen-bond acceptors (Lipinski definition) is 5. The Bertz CT molecular complexity index is 370. The van der Waals surface area contributed by atoms with Crippen LogP contribution in [0.1, 0.15) is 79.1 Å². The normalized spacial score (nSPS) is 14.1. The summed E-state index contributed by atoms with van der Waals surface area (Å²) in [6, 6.07) is 0.228. The van der Waals surface area contributed by atoms with Gasteiger partial charge in [-0.1, -0.05) is 53.4 Å². The van der Waals surface area contributed by atoms with E-state index in [1.807, 2.05) is 0 Å². The fraction of sp³-hybridized carbons (Fsp3) is 0.957. The van der Waals surface area contributed by atoms with Crippen LogP contribution in [0.5, 0.6) is 0 Å². The molecule has 0 aliphatic carbocycles. The van der Waals surface area contributed by atoms with E-state index in [1.54, 1.807) is 7.11 Å². The molecule has 0 heterocycles. The third-order valence-electron chi connectivity index (χ3n) is 5.72. The molecule has 0 bridgehead atoms. The zero-order valence-electron chi connectivity index (χ0n) is 19.7. The van der Waals surface area contributed by atoms with Gasteiger partial charge in [-0.15, -0.1) is 0 Å². The summed E-state index contributed by atoms with van der Waals surface area (Å²) in [5, 5.41) is 11.1. The molecule has 0 aliphatic heterocycles. The van der Waals surface area contributed by atoms with Crippen molar-refractivity contribution in [3.05, 3.63) is 0 Å². The number of rotatable bonds is 21. The van der Waals surface area contributed by atoms with Gasteiger partial charge in [0.25, 0.3) is 0 Å². The van der Waals surface area contributed by atoms with Crippen LogP contribution in [-0.4, -0.2) is 75.8 Å². The van der Waals surface area contributed by atoms with Crippen LogP contribution in [0.2, 0.25) is 0 Å². The molecular weight excluding hydrogens is 370 g/mol. The minimum atomic E-state index is -1.17. The molecule has 0 spiro atoms. The molecule has 0 rings (SSSR count). The van der Waals surface area contributed by atoms with Crippen LogP contribution in [0.25, 0.3) is 0 Å². The zero-order chi connectivity index (χ0) is 22.0. The van der Waals surface area contributed by atoms with Crippen molar-refractivity contribution in [1.29, 1.82) is 0 Å². The predicted molar refractivity (Wildman–Crippen MR) is 116 cm³/mol. The summed E-state index contributed by atoms with van der Waals surface area (Å²) in [6.07, 6.45) is 8.78. The number of carboxylic acid groups (broad SMARTS) is 1. The van der Waals surface area contributed by atoms with Gasteiger partial charge in [-0.05, 0) is 19.3 Å². The van der Waals surface area contributed by atoms with E-state index in [2.05, 4.69) is 27.7 Å². The molecule has 6 heteroatoms. The first kappa shape index (κ1) is 28.3. The maximum atomic E-state index is 11.1. The van der Waals surface area contributed by atoms with E-state index < -0.39 is 5.97 Å². The molecule has 2 atom stereocenters. The van der Waals surface area contributed by atoms with Gasteiger partial charge in [0.2, 0.25) is 0 Å². The van der Waals surface area contributed by atoms with Gasteiger partial charge < -0.3 is 28.6 Å². The van der Waals surface area contributed by atoms with Crippen LogP contribution in [0.4, 0.5) is 0 Å². The van der Waals surface area contributed by atoms with Crippen LogP contribution in [0, 0.1) is 0 Å². The molecule has 0 amide bonds. The summed E-state index contributed by atoms with van der Waals surface area (Å²) in [5.41, 5.74) is 0. The van der Waals surface area contributed by atoms with Crippen LogP contribution in [0.15, 0.2) is 0 Å². The smallest absolute Gasteiger partial charge is 0.133 e. The Morgan fingerprint density at radius 1 is 0.897 bits per heavy atom. The number of quaternary nitrogens is 1. The van der Waals surface area contributed by atoms with E-state index in [1.165, 1.54) is 19.3 Å². The zero-order valence-corrected chi connectivity index (χ0v) is 19.7. The molecule has 0 aromatic carbocycles. The predicted octanol–water partition coefficient (Wildman–Crippen LogP) is 3.17. The van der Waals surface area contributed by atoms with Crippen molar-refractivity contribution in [2.24, 2.45) is 0 Å². The number of aliphatic carboxylic acids is 1. The van der Waals surface area contributed by atoms with Gasteiger partial charge in [0, 0.05) is 13.5 Å². The first-order chi connectivity index (χ1) is 14.0. The second-order valence-corrected chi connectivity index (χ2v) is 8.10. The van der Waals surface area contributed by atoms with E-state index in [-0.39, 0.29) is 18.8 Å². The summed E-state index contributed by atoms with van der Waals surface area (Å²) in [7, 11) is 1.65. The molecule has 6 nitrogen and oxygen atoms in total. The highest BCUT2D eigenvalue weighted by Gasteiger charge is 2.41. The van der Waals surface area contributed by atoms with Crippen LogP contribution in [0.3, 0.4) is 0 Å². The first-order valence-corrected chi connectivity index (χ1v) is 11.7. The number of methoxy groups -OCH3 is 1. The SMILES string of the molecule is CCCC[N+](CCCC)(CCCC)C(CCC)C(COCCOC)OCC(=O)[O-]. The van der Waals surface area contributed by atoms with Gasteiger partial charge >= 0.3 is 0 Å². The van der Waals surface area contributed by atoms with E-state index in [9.17, 15) is 9.90 Å². The Kier molecular flexibility index (Phi) is 17.7. The summed E-state index contributed by atoms with van der Waals surface area (Å²) in [4.78, 5) is 11.1. The molecule has 0 aliphatic rings. The first-order valence-electron chi connectivity index (χ1n) is 11.7. The molecule has 29 heavy (non-hydrogen) atoms. The number of nitrogens with zero attached hydrogens (tertiary/aromatic N) is 1. The Morgan fingerprint density at radius 2 is 1.45 bits per heavy atom. The van der Waals surface area contributed by atoms with Crippen LogP contribution in [-0.2, 0) is 19.0 Å². The summed E-state index contributed by atoms with van der Waals surface area (Å²) in [5.74, 6) is -1.17. The van der Waals surface area contributed by atoms with E-state index in [4.69, 9.17) is 14.2 Å². The van der Waals surface area contributed by atoms with Crippen LogP contribution < -0.4 is 5.11 Å². The third-order valence-corrected chi connectivity index (χ3v) is 5.72. The fourth-order valence-electron chi connectivity index (χ4n) is 4.15. The minimum Gasteiger partial charge on any atom is -0.548 e. The van der Waals surface area contributed by atoms with Gasteiger partial charge in [0.05, 0.1) is 52.0 Å². The Morgan fingerprint density at radius 3 is 1.86 bits per heavy atom. The average molecular weight is 418 g/mol. The lowest BCUT2D eigenvalue weighted by Gasteiger charge is -2.48. The molecule has 0 aromatic rings. The lowest BCUT2D eigenvalue weighted by molar-refractivity contribution is -0.955. The molecule has 0 fully saturated rings. The highest BCUT2D eigenvalue weighted by Crippen LogP contribution is 2.27. The van der Waals surface area contributed by atoms with Gasteiger partial charge in [-0.3, -0.25) is 0 Å². The molecule has 174 valence electrons. The molecule has 2 unspecified atom stereocenters. The van der Waals surface area contributed by atoms with Crippen molar-refractivity contribution in [3.8, 4) is 0 Å². The molecule has 0 N–H and O–H groups in total. The standard InChI is InChI=1S/C23H47NO5/c1-6-10-14-24(15-11-7-2,16-12-8-3)21(13-9-4)22(29-20-23(25)26)19-28-18-17-27-5/h21-22H,6-20H2,1-5H3. The molecule has 0 saturated heterocycles. The molecule has 0 radical (unpaired) electrons. The van der Waals surface area contributed by atoms with Crippen molar-refractivity contribution < 1.29 is 28.6 Å². The van der Waals surface area contributed by atoms with Gasteiger partial charge in [0.15, 0.2) is 0 Å². The number of carboxylic acids is 1.